The van der Waals surface area contributed by atoms with Gasteiger partial charge in [0.05, 0.1) is 7.11 Å². The number of methoxy groups -OCH3 is 1. The van der Waals surface area contributed by atoms with E-state index in [0.29, 0.717) is 24.5 Å². The molecule has 1 aromatic heterocycles. The molecule has 0 N–H and O–H groups in total. The first-order valence-electron chi connectivity index (χ1n) is 8.21. The molecule has 24 heavy (non-hydrogen) atoms. The summed E-state index contributed by atoms with van der Waals surface area (Å²) in [6.45, 7) is 6.09. The van der Waals surface area contributed by atoms with Gasteiger partial charge in [0, 0.05) is 24.3 Å². The van der Waals surface area contributed by atoms with E-state index in [1.54, 1.807) is 19.3 Å². The van der Waals surface area contributed by atoms with Crippen LogP contribution in [-0.2, 0) is 20.7 Å². The van der Waals surface area contributed by atoms with Crippen LogP contribution in [-0.4, -0.2) is 30.3 Å². The summed E-state index contributed by atoms with van der Waals surface area (Å²) in [5.41, 5.74) is 0.561. The molecule has 0 radical (unpaired) electrons. The van der Waals surface area contributed by atoms with Crippen molar-refractivity contribution in [3.63, 3.8) is 0 Å². The van der Waals surface area contributed by atoms with Crippen LogP contribution < -0.4 is 4.74 Å². The van der Waals surface area contributed by atoms with E-state index in [0.717, 1.165) is 12.0 Å². The fraction of sp³-hybridized carbons (Fsp3) is 0.474. The molecule has 1 aliphatic heterocycles. The summed E-state index contributed by atoms with van der Waals surface area (Å²) in [6, 6.07) is 3.86. The molecule has 1 saturated heterocycles. The minimum absolute atomic E-state index is 0.0932. The molecular weight excluding hydrogens is 306 g/mol. The molecular formula is C19H23NO4. The predicted molar refractivity (Wildman–Crippen MR) is 89.4 cm³/mol. The standard InChI is InChI=1S/C19H23NO4/c1-4-5-15-10-19(17(9-16(15)21)23-12-24-19)13(2)8-14-6-7-18(22-3)20-11-14/h4,6-7,9,11,13,15H,1,5,8,10,12H2,2-3H3/t13?,15-,19+/m0/s1. The van der Waals surface area contributed by atoms with E-state index in [1.165, 1.54) is 0 Å². The van der Waals surface area contributed by atoms with Crippen LogP contribution in [0.3, 0.4) is 0 Å². The normalized spacial score (nSPS) is 27.0. The first-order chi connectivity index (χ1) is 11.6. The Kier molecular flexibility index (Phi) is 4.71. The largest absolute Gasteiger partial charge is 0.481 e. The fourth-order valence-corrected chi connectivity index (χ4v) is 3.59. The van der Waals surface area contributed by atoms with Gasteiger partial charge in [-0.15, -0.1) is 6.58 Å². The molecule has 1 fully saturated rings. The third-order valence-corrected chi connectivity index (χ3v) is 4.97. The topological polar surface area (TPSA) is 57.6 Å². The molecule has 2 aliphatic rings. The first kappa shape index (κ1) is 16.7. The lowest BCUT2D eigenvalue weighted by molar-refractivity contribution is -0.123. The molecule has 0 spiro atoms. The van der Waals surface area contributed by atoms with E-state index in [2.05, 4.69) is 18.5 Å². The van der Waals surface area contributed by atoms with Crippen molar-refractivity contribution in [2.75, 3.05) is 13.9 Å². The van der Waals surface area contributed by atoms with Gasteiger partial charge >= 0.3 is 0 Å². The maximum Gasteiger partial charge on any atom is 0.212 e. The summed E-state index contributed by atoms with van der Waals surface area (Å²) in [7, 11) is 1.60. The van der Waals surface area contributed by atoms with Gasteiger partial charge in [-0.05, 0) is 30.7 Å². The second kappa shape index (κ2) is 6.77. The van der Waals surface area contributed by atoms with Gasteiger partial charge in [0.2, 0.25) is 5.88 Å². The summed E-state index contributed by atoms with van der Waals surface area (Å²) < 4.78 is 16.7. The van der Waals surface area contributed by atoms with E-state index in [4.69, 9.17) is 14.2 Å². The monoisotopic (exact) mass is 329 g/mol. The average molecular weight is 329 g/mol. The van der Waals surface area contributed by atoms with E-state index in [1.807, 2.05) is 18.3 Å². The lowest BCUT2D eigenvalue weighted by atomic mass is 9.71. The van der Waals surface area contributed by atoms with Crippen LogP contribution in [0, 0.1) is 11.8 Å². The summed E-state index contributed by atoms with van der Waals surface area (Å²) in [5, 5.41) is 0. The van der Waals surface area contributed by atoms with E-state index < -0.39 is 5.60 Å². The van der Waals surface area contributed by atoms with Gasteiger partial charge in [-0.3, -0.25) is 4.79 Å². The van der Waals surface area contributed by atoms with Gasteiger partial charge in [-0.1, -0.05) is 19.1 Å². The predicted octanol–water partition coefficient (Wildman–Crippen LogP) is 3.06. The fourth-order valence-electron chi connectivity index (χ4n) is 3.59. The summed E-state index contributed by atoms with van der Waals surface area (Å²) in [5.74, 6) is 1.43. The highest BCUT2D eigenvalue weighted by Gasteiger charge is 2.51. The Bertz CT molecular complexity index is 652. The van der Waals surface area contributed by atoms with Crippen molar-refractivity contribution in [2.45, 2.75) is 31.8 Å². The van der Waals surface area contributed by atoms with Crippen molar-refractivity contribution < 1.29 is 19.0 Å². The molecule has 3 atom stereocenters. The molecule has 1 aromatic rings. The highest BCUT2D eigenvalue weighted by Crippen LogP contribution is 2.46. The average Bonchev–Trinajstić information content (AvgIpc) is 3.00. The number of carbonyl (C=O) groups excluding carboxylic acids is 1. The number of aromatic nitrogens is 1. The molecule has 0 bridgehead atoms. The van der Waals surface area contributed by atoms with Crippen molar-refractivity contribution in [3.05, 3.63) is 48.4 Å². The molecule has 128 valence electrons. The second-order valence-electron chi connectivity index (χ2n) is 6.45. The van der Waals surface area contributed by atoms with Crippen molar-refractivity contribution in [1.82, 2.24) is 4.98 Å². The van der Waals surface area contributed by atoms with Crippen LogP contribution in [0.2, 0.25) is 0 Å². The summed E-state index contributed by atoms with van der Waals surface area (Å²) in [6.07, 6.45) is 7.31. The van der Waals surface area contributed by atoms with Crippen molar-refractivity contribution in [1.29, 1.82) is 0 Å². The number of carbonyl (C=O) groups is 1. The van der Waals surface area contributed by atoms with Crippen LogP contribution in [0.5, 0.6) is 5.88 Å². The van der Waals surface area contributed by atoms with E-state index in [9.17, 15) is 4.79 Å². The van der Waals surface area contributed by atoms with Gasteiger partial charge in [0.1, 0.15) is 11.4 Å². The van der Waals surface area contributed by atoms with Crippen molar-refractivity contribution in [3.8, 4) is 5.88 Å². The maximum absolute atomic E-state index is 12.2. The molecule has 5 heteroatoms. The highest BCUT2D eigenvalue weighted by molar-refractivity contribution is 5.93. The Morgan fingerprint density at radius 1 is 1.54 bits per heavy atom. The number of allylic oxidation sites excluding steroid dienone is 2. The number of pyridine rings is 1. The Balaban J connectivity index is 1.82. The van der Waals surface area contributed by atoms with Gasteiger partial charge in [0.15, 0.2) is 12.6 Å². The lowest BCUT2D eigenvalue weighted by Crippen LogP contribution is -2.44. The highest BCUT2D eigenvalue weighted by atomic mass is 16.7. The number of nitrogens with zero attached hydrogens (tertiary/aromatic N) is 1. The van der Waals surface area contributed by atoms with Crippen molar-refractivity contribution >= 4 is 5.78 Å². The Morgan fingerprint density at radius 2 is 2.38 bits per heavy atom. The first-order valence-corrected chi connectivity index (χ1v) is 8.21. The lowest BCUT2D eigenvalue weighted by Gasteiger charge is -2.38. The summed E-state index contributed by atoms with van der Waals surface area (Å²) in [4.78, 5) is 16.5. The van der Waals surface area contributed by atoms with E-state index >= 15 is 0 Å². The van der Waals surface area contributed by atoms with Gasteiger partial charge in [0.25, 0.3) is 0 Å². The zero-order chi connectivity index (χ0) is 17.2. The smallest absolute Gasteiger partial charge is 0.212 e. The molecule has 3 rings (SSSR count). The summed E-state index contributed by atoms with van der Waals surface area (Å²) >= 11 is 0. The minimum atomic E-state index is -0.540. The Hall–Kier alpha value is -2.14. The van der Waals surface area contributed by atoms with Crippen LogP contribution >= 0.6 is 0 Å². The van der Waals surface area contributed by atoms with E-state index in [-0.39, 0.29) is 24.4 Å². The minimum Gasteiger partial charge on any atom is -0.481 e. The van der Waals surface area contributed by atoms with Gasteiger partial charge in [-0.2, -0.15) is 0 Å². The molecule has 1 unspecified atom stereocenters. The zero-order valence-corrected chi connectivity index (χ0v) is 14.2. The third-order valence-electron chi connectivity index (χ3n) is 4.97. The molecule has 0 aromatic carbocycles. The van der Waals surface area contributed by atoms with Gasteiger partial charge < -0.3 is 14.2 Å². The number of ketones is 1. The molecule has 0 saturated carbocycles. The number of hydrogen-bond donors (Lipinski definition) is 0. The van der Waals surface area contributed by atoms with Gasteiger partial charge in [-0.25, -0.2) is 4.98 Å². The number of hydrogen-bond acceptors (Lipinski definition) is 5. The number of rotatable bonds is 6. The maximum atomic E-state index is 12.2. The Labute approximate surface area is 142 Å². The molecule has 0 amide bonds. The Morgan fingerprint density at radius 3 is 3.04 bits per heavy atom. The second-order valence-corrected chi connectivity index (χ2v) is 6.45. The molecule has 5 nitrogen and oxygen atoms in total. The molecule has 1 aliphatic carbocycles. The molecule has 2 heterocycles. The van der Waals surface area contributed by atoms with Crippen LogP contribution in [0.25, 0.3) is 0 Å². The number of ether oxygens (including phenoxy) is 3. The number of fused-ring (bicyclic) bond motifs is 1. The van der Waals surface area contributed by atoms with Crippen LogP contribution in [0.4, 0.5) is 0 Å². The SMILES string of the molecule is C=CC[C@H]1C[C@]2(C(C)Cc3ccc(OC)nc3)OCOC2=CC1=O. The van der Waals surface area contributed by atoms with Crippen LogP contribution in [0.1, 0.15) is 25.3 Å². The van der Waals surface area contributed by atoms with Crippen LogP contribution in [0.15, 0.2) is 42.8 Å². The third kappa shape index (κ3) is 2.96. The quantitative estimate of drug-likeness (QED) is 0.751. The zero-order valence-electron chi connectivity index (χ0n) is 14.2. The van der Waals surface area contributed by atoms with Crippen molar-refractivity contribution in [2.24, 2.45) is 11.8 Å².